The first-order chi connectivity index (χ1) is 25.2. The summed E-state index contributed by atoms with van der Waals surface area (Å²) in [5, 5.41) is 9.16. The number of rotatable bonds is 10. The molecule has 1 aliphatic heterocycles. The molecule has 0 spiro atoms. The van der Waals surface area contributed by atoms with Crippen molar-refractivity contribution in [1.29, 1.82) is 0 Å². The van der Waals surface area contributed by atoms with E-state index in [1.165, 1.54) is 36.3 Å². The second-order valence-electron chi connectivity index (χ2n) is 12.7. The summed E-state index contributed by atoms with van der Waals surface area (Å²) in [4.78, 5) is 68.3. The summed E-state index contributed by atoms with van der Waals surface area (Å²) >= 11 is 15.0. The molecule has 0 aliphatic carbocycles. The highest BCUT2D eigenvalue weighted by Gasteiger charge is 2.32. The summed E-state index contributed by atoms with van der Waals surface area (Å²) in [6.45, 7) is 5.97. The molecule has 0 saturated heterocycles. The van der Waals surface area contributed by atoms with Crippen LogP contribution in [0.1, 0.15) is 57.5 Å². The van der Waals surface area contributed by atoms with Gasteiger partial charge in [-0.2, -0.15) is 0 Å². The van der Waals surface area contributed by atoms with E-state index in [0.29, 0.717) is 39.7 Å². The SMILES string of the molecule is COC(=O)c1c(NC(=O)CSc2cccc(NC(=O)/C(=C\c3cccc(Cl)c3Cl)NC(=O)c3ccccc3)c2)sc2c1CCN(C(=O)OC(C)(C)C)C2. The molecule has 0 radical (unpaired) electrons. The number of carbonyl (C=O) groups is 5. The van der Waals surface area contributed by atoms with E-state index in [-0.39, 0.29) is 39.5 Å². The minimum absolute atomic E-state index is 0.0177. The predicted molar refractivity (Wildman–Crippen MR) is 209 cm³/mol. The Kier molecular flexibility index (Phi) is 12.9. The smallest absolute Gasteiger partial charge is 0.410 e. The van der Waals surface area contributed by atoms with E-state index < -0.39 is 29.5 Å². The van der Waals surface area contributed by atoms with E-state index in [1.54, 1.807) is 98.5 Å². The van der Waals surface area contributed by atoms with Crippen LogP contribution >= 0.6 is 46.3 Å². The number of nitrogens with one attached hydrogen (secondary N) is 3. The van der Waals surface area contributed by atoms with Crippen LogP contribution in [0.15, 0.2) is 83.4 Å². The van der Waals surface area contributed by atoms with Gasteiger partial charge in [-0.25, -0.2) is 9.59 Å². The van der Waals surface area contributed by atoms with E-state index in [2.05, 4.69) is 16.0 Å². The summed E-state index contributed by atoms with van der Waals surface area (Å²) < 4.78 is 10.6. The molecule has 276 valence electrons. The van der Waals surface area contributed by atoms with Crippen molar-refractivity contribution >= 4 is 92.8 Å². The number of carbonyl (C=O) groups excluding carboxylic acids is 5. The molecule has 2 heterocycles. The van der Waals surface area contributed by atoms with Gasteiger partial charge in [0.05, 0.1) is 35.0 Å². The Hall–Kier alpha value is -4.82. The van der Waals surface area contributed by atoms with Crippen LogP contribution in [0.4, 0.5) is 15.5 Å². The number of thiophene rings is 1. The van der Waals surface area contributed by atoms with E-state index in [9.17, 15) is 24.0 Å². The molecule has 3 aromatic carbocycles. The highest BCUT2D eigenvalue weighted by molar-refractivity contribution is 8.00. The number of thioether (sulfide) groups is 1. The molecule has 3 N–H and O–H groups in total. The summed E-state index contributed by atoms with van der Waals surface area (Å²) in [7, 11) is 1.28. The molecule has 0 fully saturated rings. The number of anilines is 2. The van der Waals surface area contributed by atoms with Crippen LogP contribution in [0.2, 0.25) is 10.0 Å². The monoisotopic (exact) mass is 794 g/mol. The van der Waals surface area contributed by atoms with Crippen molar-refractivity contribution in [3.05, 3.63) is 116 Å². The molecule has 0 unspecified atom stereocenters. The zero-order valence-corrected chi connectivity index (χ0v) is 32.4. The lowest BCUT2D eigenvalue weighted by molar-refractivity contribution is -0.114. The molecule has 11 nitrogen and oxygen atoms in total. The average Bonchev–Trinajstić information content (AvgIpc) is 3.48. The molecular formula is C38H36Cl2N4O7S2. The lowest BCUT2D eigenvalue weighted by Gasteiger charge is -2.30. The molecule has 5 rings (SSSR count). The maximum atomic E-state index is 13.6. The minimum Gasteiger partial charge on any atom is -0.465 e. The number of methoxy groups -OCH3 is 1. The Morgan fingerprint density at radius 3 is 2.42 bits per heavy atom. The van der Waals surface area contributed by atoms with Crippen molar-refractivity contribution in [2.75, 3.05) is 30.0 Å². The molecule has 53 heavy (non-hydrogen) atoms. The quantitative estimate of drug-likeness (QED) is 0.0828. The Morgan fingerprint density at radius 1 is 0.962 bits per heavy atom. The lowest BCUT2D eigenvalue weighted by Crippen LogP contribution is -2.39. The van der Waals surface area contributed by atoms with Gasteiger partial charge < -0.3 is 30.3 Å². The number of nitrogens with zero attached hydrogens (tertiary/aromatic N) is 1. The number of halogens is 2. The Morgan fingerprint density at radius 2 is 1.70 bits per heavy atom. The lowest BCUT2D eigenvalue weighted by atomic mass is 10.0. The third-order valence-corrected chi connectivity index (χ3v) is 10.6. The van der Waals surface area contributed by atoms with Crippen LogP contribution in [0.25, 0.3) is 6.08 Å². The first-order valence-electron chi connectivity index (χ1n) is 16.3. The van der Waals surface area contributed by atoms with Gasteiger partial charge in [0, 0.05) is 27.6 Å². The van der Waals surface area contributed by atoms with Gasteiger partial charge >= 0.3 is 12.1 Å². The normalized spacial score (nSPS) is 12.7. The van der Waals surface area contributed by atoms with Gasteiger partial charge in [-0.3, -0.25) is 14.4 Å². The molecule has 1 aliphatic rings. The standard InChI is InChI=1S/C38H36Cl2N4O7S2/c1-38(2,3)51-37(49)44-17-16-26-29(20-44)53-35(31(26)36(48)50-4)43-30(45)21-52-25-14-9-13-24(19-25)41-34(47)28(18-23-12-8-15-27(39)32(23)40)42-33(46)22-10-6-5-7-11-22/h5-15,18-19H,16-17,20-21H2,1-4H3,(H,41,47)(H,42,46)(H,43,45)/b28-18+. The summed E-state index contributed by atoms with van der Waals surface area (Å²) in [5.41, 5.74) is 1.47. The average molecular weight is 796 g/mol. The highest BCUT2D eigenvalue weighted by Crippen LogP contribution is 2.38. The van der Waals surface area contributed by atoms with Crippen LogP contribution in [-0.2, 0) is 32.0 Å². The Labute approximate surface area is 325 Å². The van der Waals surface area contributed by atoms with Gasteiger partial charge in [-0.1, -0.05) is 59.6 Å². The van der Waals surface area contributed by atoms with Gasteiger partial charge in [0.15, 0.2) is 0 Å². The Balaban J connectivity index is 1.27. The summed E-state index contributed by atoms with van der Waals surface area (Å²) in [5.74, 6) is -2.08. The van der Waals surface area contributed by atoms with Gasteiger partial charge in [0.2, 0.25) is 5.91 Å². The second-order valence-corrected chi connectivity index (χ2v) is 15.6. The maximum Gasteiger partial charge on any atom is 0.410 e. The van der Waals surface area contributed by atoms with Crippen LogP contribution in [0.3, 0.4) is 0 Å². The third kappa shape index (κ3) is 10.4. The van der Waals surface area contributed by atoms with Gasteiger partial charge in [-0.15, -0.1) is 23.1 Å². The number of amides is 4. The van der Waals surface area contributed by atoms with Gasteiger partial charge in [0.25, 0.3) is 11.8 Å². The van der Waals surface area contributed by atoms with Gasteiger partial charge in [0.1, 0.15) is 16.3 Å². The molecule has 0 atom stereocenters. The first kappa shape index (κ1) is 39.4. The number of hydrogen-bond donors (Lipinski definition) is 3. The van der Waals surface area contributed by atoms with Crippen molar-refractivity contribution < 1.29 is 33.4 Å². The van der Waals surface area contributed by atoms with Crippen molar-refractivity contribution in [3.63, 3.8) is 0 Å². The maximum absolute atomic E-state index is 13.6. The van der Waals surface area contributed by atoms with Crippen LogP contribution < -0.4 is 16.0 Å². The molecule has 4 aromatic rings. The second kappa shape index (κ2) is 17.3. The number of fused-ring (bicyclic) bond motifs is 1. The third-order valence-electron chi connectivity index (χ3n) is 7.62. The van der Waals surface area contributed by atoms with Crippen molar-refractivity contribution in [2.24, 2.45) is 0 Å². The molecule has 0 saturated carbocycles. The highest BCUT2D eigenvalue weighted by atomic mass is 35.5. The largest absolute Gasteiger partial charge is 0.465 e. The van der Waals surface area contributed by atoms with E-state index in [4.69, 9.17) is 32.7 Å². The zero-order chi connectivity index (χ0) is 38.3. The summed E-state index contributed by atoms with van der Waals surface area (Å²) in [6.07, 6.45) is 1.39. The molecular weight excluding hydrogens is 759 g/mol. The van der Waals surface area contributed by atoms with Gasteiger partial charge in [-0.05, 0) is 80.8 Å². The molecule has 0 bridgehead atoms. The fourth-order valence-electron chi connectivity index (χ4n) is 5.20. The fraction of sp³-hybridized carbons (Fsp3) is 0.237. The number of ether oxygens (including phenoxy) is 2. The molecule has 4 amide bonds. The predicted octanol–water partition coefficient (Wildman–Crippen LogP) is 8.28. The molecule has 15 heteroatoms. The fourth-order valence-corrected chi connectivity index (χ4v) is 7.58. The topological polar surface area (TPSA) is 143 Å². The number of hydrogen-bond acceptors (Lipinski definition) is 9. The van der Waals surface area contributed by atoms with E-state index in [0.717, 1.165) is 10.4 Å². The molecule has 1 aromatic heterocycles. The van der Waals surface area contributed by atoms with E-state index in [1.807, 2.05) is 0 Å². The number of esters is 1. The van der Waals surface area contributed by atoms with Crippen molar-refractivity contribution in [1.82, 2.24) is 10.2 Å². The van der Waals surface area contributed by atoms with Crippen LogP contribution in [-0.4, -0.2) is 59.7 Å². The number of benzene rings is 3. The zero-order valence-electron chi connectivity index (χ0n) is 29.2. The Bertz CT molecular complexity index is 2080. The summed E-state index contributed by atoms with van der Waals surface area (Å²) in [6, 6.07) is 20.2. The van der Waals surface area contributed by atoms with Crippen molar-refractivity contribution in [3.8, 4) is 0 Å². The minimum atomic E-state index is -0.654. The van der Waals surface area contributed by atoms with E-state index >= 15 is 0 Å². The van der Waals surface area contributed by atoms with Crippen LogP contribution in [0.5, 0.6) is 0 Å². The first-order valence-corrected chi connectivity index (χ1v) is 18.8. The van der Waals surface area contributed by atoms with Crippen molar-refractivity contribution in [2.45, 2.75) is 44.2 Å². The van der Waals surface area contributed by atoms with Crippen LogP contribution in [0, 0.1) is 0 Å².